The van der Waals surface area contributed by atoms with E-state index in [2.05, 4.69) is 17.7 Å². The SMILES string of the molecule is NC1CCCCc2cn(CC(=O)NC3CC3)cc21. The van der Waals surface area contributed by atoms with Crippen LogP contribution >= 0.6 is 0 Å². The van der Waals surface area contributed by atoms with Gasteiger partial charge >= 0.3 is 0 Å². The van der Waals surface area contributed by atoms with Crippen LogP contribution in [0.15, 0.2) is 12.4 Å². The molecule has 3 N–H and O–H groups in total. The van der Waals surface area contributed by atoms with Crippen molar-refractivity contribution in [2.45, 2.75) is 57.2 Å². The van der Waals surface area contributed by atoms with Crippen molar-refractivity contribution in [1.29, 1.82) is 0 Å². The van der Waals surface area contributed by atoms with Crippen LogP contribution in [0.4, 0.5) is 0 Å². The topological polar surface area (TPSA) is 60.0 Å². The molecule has 0 aromatic carbocycles. The molecule has 2 aliphatic rings. The Morgan fingerprint density at radius 3 is 2.94 bits per heavy atom. The van der Waals surface area contributed by atoms with Crippen LogP contribution in [0.25, 0.3) is 0 Å². The van der Waals surface area contributed by atoms with Crippen LogP contribution in [-0.2, 0) is 17.8 Å². The molecule has 1 fully saturated rings. The smallest absolute Gasteiger partial charge is 0.240 e. The third-order valence-electron chi connectivity index (χ3n) is 3.88. The molecule has 1 amide bonds. The van der Waals surface area contributed by atoms with Gasteiger partial charge in [0.25, 0.3) is 0 Å². The molecule has 2 aliphatic carbocycles. The summed E-state index contributed by atoms with van der Waals surface area (Å²) in [7, 11) is 0. The van der Waals surface area contributed by atoms with Gasteiger partial charge in [-0.3, -0.25) is 4.79 Å². The molecule has 18 heavy (non-hydrogen) atoms. The Bertz CT molecular complexity index is 448. The highest BCUT2D eigenvalue weighted by Gasteiger charge is 2.23. The van der Waals surface area contributed by atoms with Gasteiger partial charge in [-0.1, -0.05) is 6.42 Å². The van der Waals surface area contributed by atoms with Gasteiger partial charge in [0.2, 0.25) is 5.91 Å². The first-order chi connectivity index (χ1) is 8.72. The Kier molecular flexibility index (Phi) is 3.12. The van der Waals surface area contributed by atoms with E-state index < -0.39 is 0 Å². The Labute approximate surface area is 108 Å². The van der Waals surface area contributed by atoms with Gasteiger partial charge in [0.1, 0.15) is 6.54 Å². The van der Waals surface area contributed by atoms with Gasteiger partial charge in [-0.05, 0) is 43.2 Å². The molecule has 1 saturated carbocycles. The van der Waals surface area contributed by atoms with Crippen molar-refractivity contribution in [3.8, 4) is 0 Å². The van der Waals surface area contributed by atoms with Crippen LogP contribution < -0.4 is 11.1 Å². The van der Waals surface area contributed by atoms with E-state index in [-0.39, 0.29) is 11.9 Å². The molecule has 4 nitrogen and oxygen atoms in total. The van der Waals surface area contributed by atoms with E-state index in [1.54, 1.807) is 0 Å². The summed E-state index contributed by atoms with van der Waals surface area (Å²) in [5, 5.41) is 3.02. The second-order valence-electron chi connectivity index (χ2n) is 5.61. The van der Waals surface area contributed by atoms with E-state index in [0.29, 0.717) is 12.6 Å². The number of hydrogen-bond acceptors (Lipinski definition) is 2. The normalized spacial score (nSPS) is 23.3. The molecule has 0 saturated heterocycles. The summed E-state index contributed by atoms with van der Waals surface area (Å²) >= 11 is 0. The van der Waals surface area contributed by atoms with Crippen LogP contribution in [0.3, 0.4) is 0 Å². The first kappa shape index (κ1) is 11.8. The summed E-state index contributed by atoms with van der Waals surface area (Å²) in [6.07, 6.45) is 11.0. The number of carbonyl (C=O) groups excluding carboxylic acids is 1. The highest BCUT2D eigenvalue weighted by molar-refractivity contribution is 5.76. The molecule has 0 radical (unpaired) electrons. The number of nitrogens with two attached hydrogens (primary N) is 1. The molecule has 1 heterocycles. The lowest BCUT2D eigenvalue weighted by molar-refractivity contribution is -0.121. The average Bonchev–Trinajstić information content (AvgIpc) is 3.06. The van der Waals surface area contributed by atoms with E-state index >= 15 is 0 Å². The summed E-state index contributed by atoms with van der Waals surface area (Å²) in [6, 6.07) is 0.586. The third-order valence-corrected chi connectivity index (χ3v) is 3.88. The first-order valence-corrected chi connectivity index (χ1v) is 6.96. The van der Waals surface area contributed by atoms with Crippen molar-refractivity contribution in [3.63, 3.8) is 0 Å². The van der Waals surface area contributed by atoms with Gasteiger partial charge in [0, 0.05) is 24.5 Å². The second kappa shape index (κ2) is 4.76. The van der Waals surface area contributed by atoms with Crippen LogP contribution in [0, 0.1) is 0 Å². The lowest BCUT2D eigenvalue weighted by Gasteiger charge is -2.07. The van der Waals surface area contributed by atoms with Gasteiger partial charge in [-0.25, -0.2) is 0 Å². The van der Waals surface area contributed by atoms with E-state index in [9.17, 15) is 4.79 Å². The molecule has 98 valence electrons. The summed E-state index contributed by atoms with van der Waals surface area (Å²) in [4.78, 5) is 11.8. The Morgan fingerprint density at radius 2 is 2.17 bits per heavy atom. The summed E-state index contributed by atoms with van der Waals surface area (Å²) in [5.41, 5.74) is 8.74. The van der Waals surface area contributed by atoms with Gasteiger partial charge in [0.15, 0.2) is 0 Å². The number of aryl methyl sites for hydroxylation is 1. The van der Waals surface area contributed by atoms with Crippen molar-refractivity contribution in [3.05, 3.63) is 23.5 Å². The standard InChI is InChI=1S/C14H21N3O/c15-13-4-2-1-3-10-7-17(8-12(10)13)9-14(18)16-11-5-6-11/h7-8,11,13H,1-6,9,15H2,(H,16,18). The fourth-order valence-corrected chi connectivity index (χ4v) is 2.71. The Hall–Kier alpha value is -1.29. The minimum atomic E-state index is 0.122. The molecule has 0 aliphatic heterocycles. The van der Waals surface area contributed by atoms with Crippen LogP contribution in [0.2, 0.25) is 0 Å². The second-order valence-corrected chi connectivity index (χ2v) is 5.61. The summed E-state index contributed by atoms with van der Waals surface area (Å²) in [6.45, 7) is 0.427. The largest absolute Gasteiger partial charge is 0.352 e. The zero-order chi connectivity index (χ0) is 12.5. The van der Waals surface area contributed by atoms with E-state index in [1.165, 1.54) is 24.0 Å². The maximum atomic E-state index is 11.8. The van der Waals surface area contributed by atoms with Gasteiger partial charge < -0.3 is 15.6 Å². The van der Waals surface area contributed by atoms with Crippen molar-refractivity contribution in [2.75, 3.05) is 0 Å². The highest BCUT2D eigenvalue weighted by Crippen LogP contribution is 2.27. The molecule has 1 atom stereocenters. The maximum Gasteiger partial charge on any atom is 0.240 e. The zero-order valence-corrected chi connectivity index (χ0v) is 10.7. The third kappa shape index (κ3) is 2.58. The number of rotatable bonds is 3. The van der Waals surface area contributed by atoms with Crippen LogP contribution in [-0.4, -0.2) is 16.5 Å². The molecular weight excluding hydrogens is 226 g/mol. The summed E-state index contributed by atoms with van der Waals surface area (Å²) in [5.74, 6) is 0.122. The van der Waals surface area contributed by atoms with Crippen LogP contribution in [0.5, 0.6) is 0 Å². The fraction of sp³-hybridized carbons (Fsp3) is 0.643. The zero-order valence-electron chi connectivity index (χ0n) is 10.7. The average molecular weight is 247 g/mol. The molecule has 1 aromatic rings. The molecule has 0 bridgehead atoms. The fourth-order valence-electron chi connectivity index (χ4n) is 2.71. The number of aromatic nitrogens is 1. The molecular formula is C14H21N3O. The summed E-state index contributed by atoms with van der Waals surface area (Å²) < 4.78 is 1.99. The first-order valence-electron chi connectivity index (χ1n) is 6.96. The number of nitrogens with one attached hydrogen (secondary N) is 1. The maximum absolute atomic E-state index is 11.8. The lowest BCUT2D eigenvalue weighted by Crippen LogP contribution is -2.28. The molecule has 1 aromatic heterocycles. The van der Waals surface area contributed by atoms with E-state index in [4.69, 9.17) is 5.73 Å². The van der Waals surface area contributed by atoms with Crippen LogP contribution in [0.1, 0.15) is 49.3 Å². The number of nitrogens with zero attached hydrogens (tertiary/aromatic N) is 1. The van der Waals surface area contributed by atoms with Gasteiger partial charge in [0.05, 0.1) is 0 Å². The van der Waals surface area contributed by atoms with E-state index in [0.717, 1.165) is 25.7 Å². The molecule has 0 spiro atoms. The molecule has 1 unspecified atom stereocenters. The minimum Gasteiger partial charge on any atom is -0.352 e. The molecule has 3 rings (SSSR count). The number of carbonyl (C=O) groups is 1. The Balaban J connectivity index is 1.69. The van der Waals surface area contributed by atoms with Crippen molar-refractivity contribution in [1.82, 2.24) is 9.88 Å². The van der Waals surface area contributed by atoms with Gasteiger partial charge in [-0.15, -0.1) is 0 Å². The lowest BCUT2D eigenvalue weighted by atomic mass is 10.1. The van der Waals surface area contributed by atoms with Crippen molar-refractivity contribution in [2.24, 2.45) is 5.73 Å². The minimum absolute atomic E-state index is 0.122. The number of hydrogen-bond donors (Lipinski definition) is 2. The quantitative estimate of drug-likeness (QED) is 0.795. The predicted octanol–water partition coefficient (Wildman–Crippen LogP) is 1.49. The van der Waals surface area contributed by atoms with Crippen molar-refractivity contribution < 1.29 is 4.79 Å². The monoisotopic (exact) mass is 247 g/mol. The number of fused-ring (bicyclic) bond motifs is 1. The molecule has 4 heteroatoms. The number of amides is 1. The van der Waals surface area contributed by atoms with E-state index in [1.807, 2.05) is 4.57 Å². The Morgan fingerprint density at radius 1 is 1.33 bits per heavy atom. The highest BCUT2D eigenvalue weighted by atomic mass is 16.2. The van der Waals surface area contributed by atoms with Gasteiger partial charge in [-0.2, -0.15) is 0 Å². The predicted molar refractivity (Wildman–Crippen MR) is 70.1 cm³/mol. The van der Waals surface area contributed by atoms with Crippen molar-refractivity contribution >= 4 is 5.91 Å².